The molecule has 1 aliphatic carbocycles. The van der Waals surface area contributed by atoms with Crippen LogP contribution in [-0.4, -0.2) is 34.4 Å². The van der Waals surface area contributed by atoms with Gasteiger partial charge in [0.05, 0.1) is 24.1 Å². The Morgan fingerprint density at radius 3 is 2.86 bits per heavy atom. The Bertz CT molecular complexity index is 1070. The summed E-state index contributed by atoms with van der Waals surface area (Å²) in [6.07, 6.45) is 5.67. The van der Waals surface area contributed by atoms with Gasteiger partial charge in [0.1, 0.15) is 10.4 Å². The van der Waals surface area contributed by atoms with Crippen LogP contribution in [-0.2, 0) is 4.79 Å². The molecule has 0 unspecified atom stereocenters. The monoisotopic (exact) mass is 429 g/mol. The van der Waals surface area contributed by atoms with Gasteiger partial charge in [-0.1, -0.05) is 43.2 Å². The number of benzene rings is 1. The number of amides is 1. The molecule has 2 heterocycles. The van der Waals surface area contributed by atoms with E-state index < -0.39 is 0 Å². The molecule has 1 amide bonds. The number of hydrogen-bond acceptors (Lipinski definition) is 6. The lowest BCUT2D eigenvalue weighted by atomic mass is 9.95. The maximum atomic E-state index is 13.2. The summed E-state index contributed by atoms with van der Waals surface area (Å²) < 4.78 is 7.60. The van der Waals surface area contributed by atoms with Crippen molar-refractivity contribution in [1.82, 2.24) is 14.9 Å². The van der Waals surface area contributed by atoms with Crippen molar-refractivity contribution in [3.63, 3.8) is 0 Å². The van der Waals surface area contributed by atoms with Crippen LogP contribution in [0.3, 0.4) is 0 Å². The number of nitrogens with one attached hydrogen (secondary N) is 1. The number of para-hydroxylation sites is 2. The number of aromatic nitrogens is 2. The molecule has 0 aliphatic heterocycles. The molecule has 0 spiro atoms. The zero-order valence-electron chi connectivity index (χ0n) is 16.2. The highest BCUT2D eigenvalue weighted by Crippen LogP contribution is 2.28. The number of fused-ring (bicyclic) bond motifs is 1. The van der Waals surface area contributed by atoms with Gasteiger partial charge in [0.25, 0.3) is 5.56 Å². The van der Waals surface area contributed by atoms with E-state index in [2.05, 4.69) is 10.3 Å². The molecule has 1 N–H and O–H groups in total. The quantitative estimate of drug-likeness (QED) is 0.474. The van der Waals surface area contributed by atoms with Crippen LogP contribution >= 0.6 is 23.1 Å². The number of hydrogen-bond donors (Lipinski definition) is 1. The summed E-state index contributed by atoms with van der Waals surface area (Å²) in [4.78, 5) is 30.4. The zero-order valence-corrected chi connectivity index (χ0v) is 17.9. The van der Waals surface area contributed by atoms with Crippen LogP contribution in [0, 0.1) is 0 Å². The van der Waals surface area contributed by atoms with Crippen molar-refractivity contribution >= 4 is 39.2 Å². The highest BCUT2D eigenvalue weighted by molar-refractivity contribution is 7.99. The Labute approximate surface area is 177 Å². The highest BCUT2D eigenvalue weighted by Gasteiger charge is 2.19. The van der Waals surface area contributed by atoms with Crippen molar-refractivity contribution in [2.45, 2.75) is 43.3 Å². The number of carbonyl (C=O) groups is 1. The fourth-order valence-electron chi connectivity index (χ4n) is 3.66. The Balaban J connectivity index is 1.64. The summed E-state index contributed by atoms with van der Waals surface area (Å²) in [5, 5.41) is 5.47. The molecule has 6 nitrogen and oxygen atoms in total. The normalized spacial score (nSPS) is 14.8. The van der Waals surface area contributed by atoms with Crippen LogP contribution in [0.5, 0.6) is 5.75 Å². The van der Waals surface area contributed by atoms with Gasteiger partial charge >= 0.3 is 0 Å². The van der Waals surface area contributed by atoms with Crippen molar-refractivity contribution in [2.75, 3.05) is 12.9 Å². The van der Waals surface area contributed by atoms with E-state index in [-0.39, 0.29) is 23.3 Å². The van der Waals surface area contributed by atoms with E-state index in [1.165, 1.54) is 42.4 Å². The van der Waals surface area contributed by atoms with Gasteiger partial charge in [-0.05, 0) is 36.4 Å². The summed E-state index contributed by atoms with van der Waals surface area (Å²) in [5.41, 5.74) is 1.13. The first-order chi connectivity index (χ1) is 14.2. The molecule has 4 rings (SSSR count). The van der Waals surface area contributed by atoms with Gasteiger partial charge in [0.15, 0.2) is 5.16 Å². The largest absolute Gasteiger partial charge is 0.495 e. The average Bonchev–Trinajstić information content (AvgIpc) is 3.22. The third-order valence-corrected chi connectivity index (χ3v) is 6.91. The summed E-state index contributed by atoms with van der Waals surface area (Å²) >= 11 is 2.65. The van der Waals surface area contributed by atoms with E-state index in [1.54, 1.807) is 11.7 Å². The molecule has 3 aromatic rings. The Morgan fingerprint density at radius 1 is 1.28 bits per heavy atom. The van der Waals surface area contributed by atoms with E-state index in [0.29, 0.717) is 26.8 Å². The molecule has 0 radical (unpaired) electrons. The molecular weight excluding hydrogens is 406 g/mol. The molecule has 1 fully saturated rings. The smallest absolute Gasteiger partial charge is 0.276 e. The van der Waals surface area contributed by atoms with Gasteiger partial charge < -0.3 is 10.1 Å². The number of rotatable bonds is 6. The second-order valence-electron chi connectivity index (χ2n) is 7.03. The Morgan fingerprint density at radius 2 is 2.07 bits per heavy atom. The highest BCUT2D eigenvalue weighted by atomic mass is 32.2. The van der Waals surface area contributed by atoms with E-state index in [4.69, 9.17) is 4.74 Å². The van der Waals surface area contributed by atoms with Gasteiger partial charge in [0, 0.05) is 6.04 Å². The third kappa shape index (κ3) is 4.33. The van der Waals surface area contributed by atoms with Gasteiger partial charge in [-0.15, -0.1) is 11.3 Å². The fourth-order valence-corrected chi connectivity index (χ4v) is 5.24. The maximum absolute atomic E-state index is 13.2. The van der Waals surface area contributed by atoms with Crippen LogP contribution in [0.15, 0.2) is 45.7 Å². The van der Waals surface area contributed by atoms with Gasteiger partial charge in [-0.25, -0.2) is 4.98 Å². The number of nitrogens with zero attached hydrogens (tertiary/aromatic N) is 2. The zero-order chi connectivity index (χ0) is 20.2. The van der Waals surface area contributed by atoms with E-state index in [0.717, 1.165) is 12.8 Å². The topological polar surface area (TPSA) is 73.2 Å². The van der Waals surface area contributed by atoms with Gasteiger partial charge in [-0.2, -0.15) is 0 Å². The molecule has 8 heteroatoms. The van der Waals surface area contributed by atoms with E-state index in [1.807, 2.05) is 35.7 Å². The average molecular weight is 430 g/mol. The number of ether oxygens (including phenoxy) is 1. The molecule has 29 heavy (non-hydrogen) atoms. The fraction of sp³-hybridized carbons (Fsp3) is 0.381. The molecule has 152 valence electrons. The van der Waals surface area contributed by atoms with Crippen molar-refractivity contribution in [2.24, 2.45) is 0 Å². The summed E-state index contributed by atoms with van der Waals surface area (Å²) in [7, 11) is 1.57. The first kappa shape index (κ1) is 20.0. The molecule has 1 aliphatic rings. The van der Waals surface area contributed by atoms with Crippen LogP contribution in [0.2, 0.25) is 0 Å². The maximum Gasteiger partial charge on any atom is 0.276 e. The Hall–Kier alpha value is -2.32. The molecule has 1 saturated carbocycles. The minimum atomic E-state index is -0.148. The SMILES string of the molecule is COc1ccccc1-n1c(SCC(=O)NC2CCCCC2)nc2ccsc2c1=O. The standard InChI is InChI=1S/C21H23N3O3S2/c1-27-17-10-6-5-9-16(17)24-20(26)19-15(11-12-28-19)23-21(24)29-13-18(25)22-14-7-3-2-4-8-14/h5-6,9-12,14H,2-4,7-8,13H2,1H3,(H,22,25). The summed E-state index contributed by atoms with van der Waals surface area (Å²) in [6.45, 7) is 0. The summed E-state index contributed by atoms with van der Waals surface area (Å²) in [5.74, 6) is 0.780. The molecular formula is C21H23N3O3S2. The van der Waals surface area contributed by atoms with Crippen LogP contribution in [0.1, 0.15) is 32.1 Å². The predicted octanol–water partition coefficient (Wildman–Crippen LogP) is 4.00. The molecule has 0 saturated heterocycles. The number of methoxy groups -OCH3 is 1. The minimum absolute atomic E-state index is 0.0202. The molecule has 1 aromatic carbocycles. The van der Waals surface area contributed by atoms with E-state index in [9.17, 15) is 9.59 Å². The summed E-state index contributed by atoms with van der Waals surface area (Å²) in [6, 6.07) is 9.45. The van der Waals surface area contributed by atoms with Crippen LogP contribution in [0.25, 0.3) is 15.9 Å². The van der Waals surface area contributed by atoms with Crippen molar-refractivity contribution in [1.29, 1.82) is 0 Å². The molecule has 0 bridgehead atoms. The predicted molar refractivity (Wildman–Crippen MR) is 118 cm³/mol. The number of thioether (sulfide) groups is 1. The van der Waals surface area contributed by atoms with Crippen molar-refractivity contribution in [3.8, 4) is 11.4 Å². The molecule has 0 atom stereocenters. The number of thiophene rings is 1. The molecule has 2 aromatic heterocycles. The van der Waals surface area contributed by atoms with E-state index >= 15 is 0 Å². The van der Waals surface area contributed by atoms with Crippen molar-refractivity contribution in [3.05, 3.63) is 46.1 Å². The van der Waals surface area contributed by atoms with Crippen molar-refractivity contribution < 1.29 is 9.53 Å². The van der Waals surface area contributed by atoms with Gasteiger partial charge in [0.2, 0.25) is 5.91 Å². The lowest BCUT2D eigenvalue weighted by Crippen LogP contribution is -2.37. The minimum Gasteiger partial charge on any atom is -0.495 e. The first-order valence-electron chi connectivity index (χ1n) is 9.73. The Kier molecular flexibility index (Phi) is 6.20. The number of carbonyl (C=O) groups excluding carboxylic acids is 1. The van der Waals surface area contributed by atoms with Gasteiger partial charge in [-0.3, -0.25) is 14.2 Å². The second-order valence-corrected chi connectivity index (χ2v) is 8.89. The lowest BCUT2D eigenvalue weighted by molar-refractivity contribution is -0.119. The van der Waals surface area contributed by atoms with Crippen LogP contribution in [0.4, 0.5) is 0 Å². The van der Waals surface area contributed by atoms with Crippen LogP contribution < -0.4 is 15.6 Å². The second kappa shape index (κ2) is 9.00. The third-order valence-electron chi connectivity index (χ3n) is 5.08. The lowest BCUT2D eigenvalue weighted by Gasteiger charge is -2.22. The first-order valence-corrected chi connectivity index (χ1v) is 11.6.